The highest BCUT2D eigenvalue weighted by atomic mass is 31.1. The van der Waals surface area contributed by atoms with Gasteiger partial charge in [-0.3, -0.25) is 9.80 Å². The molecule has 0 heterocycles. The van der Waals surface area contributed by atoms with E-state index in [2.05, 4.69) is 114 Å². The third kappa shape index (κ3) is 5.52. The minimum Gasteiger partial charge on any atom is -0.297 e. The molecule has 0 aliphatic rings. The lowest BCUT2D eigenvalue weighted by atomic mass is 10.1. The molecule has 2 rings (SSSR count). The summed E-state index contributed by atoms with van der Waals surface area (Å²) in [4.78, 5) is 5.13. The molecule has 2 aromatic rings. The topological polar surface area (TPSA) is 6.48 Å². The Hall–Kier alpha value is -1.21. The molecule has 0 radical (unpaired) electrons. The SMILES string of the molecule is CCN(CC)[C@@H](C)c1ccccc1P(c1ccccc1[C@H](C)N(CC)CC)C(C)C. The van der Waals surface area contributed by atoms with Crippen molar-refractivity contribution in [3.8, 4) is 0 Å². The molecule has 0 aromatic heterocycles. The van der Waals surface area contributed by atoms with Crippen LogP contribution in [0.4, 0.5) is 0 Å². The minimum absolute atomic E-state index is 0.437. The van der Waals surface area contributed by atoms with Gasteiger partial charge in [-0.05, 0) is 75.3 Å². The molecule has 0 fully saturated rings. The molecule has 0 spiro atoms. The summed E-state index contributed by atoms with van der Waals surface area (Å²) in [5.74, 6) is 0. The highest BCUT2D eigenvalue weighted by molar-refractivity contribution is 7.73. The molecule has 0 N–H and O–H groups in total. The van der Waals surface area contributed by atoms with Crippen molar-refractivity contribution >= 4 is 18.5 Å². The second kappa shape index (κ2) is 12.0. The number of benzene rings is 2. The Morgan fingerprint density at radius 1 is 0.600 bits per heavy atom. The van der Waals surface area contributed by atoms with E-state index in [-0.39, 0.29) is 0 Å². The summed E-state index contributed by atoms with van der Waals surface area (Å²) >= 11 is 0. The first-order valence-corrected chi connectivity index (χ1v) is 13.3. The number of rotatable bonds is 11. The fourth-order valence-electron chi connectivity index (χ4n) is 4.74. The molecule has 0 aliphatic carbocycles. The van der Waals surface area contributed by atoms with Gasteiger partial charge in [0.1, 0.15) is 0 Å². The average Bonchev–Trinajstić information content (AvgIpc) is 2.76. The molecule has 2 atom stereocenters. The largest absolute Gasteiger partial charge is 0.297 e. The summed E-state index contributed by atoms with van der Waals surface area (Å²) in [7, 11) is -0.439. The molecule has 3 heteroatoms. The second-order valence-electron chi connectivity index (χ2n) is 8.38. The van der Waals surface area contributed by atoms with Crippen LogP contribution in [0.25, 0.3) is 0 Å². The second-order valence-corrected chi connectivity index (χ2v) is 11.1. The van der Waals surface area contributed by atoms with Crippen LogP contribution in [0, 0.1) is 0 Å². The van der Waals surface area contributed by atoms with E-state index >= 15 is 0 Å². The summed E-state index contributed by atoms with van der Waals surface area (Å²) in [6.07, 6.45) is 0. The van der Waals surface area contributed by atoms with Crippen molar-refractivity contribution in [1.82, 2.24) is 9.80 Å². The van der Waals surface area contributed by atoms with Gasteiger partial charge in [0, 0.05) is 12.1 Å². The van der Waals surface area contributed by atoms with E-state index in [0.717, 1.165) is 26.2 Å². The maximum atomic E-state index is 2.57. The third-order valence-corrected chi connectivity index (χ3v) is 9.41. The summed E-state index contributed by atoms with van der Waals surface area (Å²) in [6.45, 7) is 23.0. The average molecular weight is 427 g/mol. The molecule has 0 saturated carbocycles. The molecular weight excluding hydrogens is 383 g/mol. The number of nitrogens with zero attached hydrogens (tertiary/aromatic N) is 2. The molecule has 2 aromatic carbocycles. The molecule has 30 heavy (non-hydrogen) atoms. The molecular formula is C27H43N2P. The van der Waals surface area contributed by atoms with Gasteiger partial charge in [-0.1, -0.05) is 90.1 Å². The van der Waals surface area contributed by atoms with Gasteiger partial charge < -0.3 is 0 Å². The van der Waals surface area contributed by atoms with Crippen LogP contribution in [0.3, 0.4) is 0 Å². The lowest BCUT2D eigenvalue weighted by Gasteiger charge is -2.35. The molecule has 0 saturated heterocycles. The van der Waals surface area contributed by atoms with E-state index < -0.39 is 7.92 Å². The lowest BCUT2D eigenvalue weighted by molar-refractivity contribution is 0.235. The summed E-state index contributed by atoms with van der Waals surface area (Å²) in [5.41, 5.74) is 3.60. The smallest absolute Gasteiger partial charge is 0.0326 e. The Labute approximate surface area is 187 Å². The van der Waals surface area contributed by atoms with Crippen LogP contribution in [0.15, 0.2) is 48.5 Å². The molecule has 0 unspecified atom stereocenters. The first-order chi connectivity index (χ1) is 14.4. The van der Waals surface area contributed by atoms with Crippen molar-refractivity contribution in [2.45, 2.75) is 73.1 Å². The summed E-state index contributed by atoms with van der Waals surface area (Å²) in [6, 6.07) is 19.3. The van der Waals surface area contributed by atoms with Crippen LogP contribution >= 0.6 is 7.92 Å². The maximum Gasteiger partial charge on any atom is 0.0326 e. The van der Waals surface area contributed by atoms with Crippen LogP contribution in [-0.4, -0.2) is 41.6 Å². The zero-order chi connectivity index (χ0) is 22.3. The van der Waals surface area contributed by atoms with Crippen LogP contribution in [-0.2, 0) is 0 Å². The van der Waals surface area contributed by atoms with Crippen LogP contribution in [0.1, 0.15) is 78.6 Å². The van der Waals surface area contributed by atoms with Crippen LogP contribution in [0.2, 0.25) is 0 Å². The van der Waals surface area contributed by atoms with E-state index in [1.165, 1.54) is 11.1 Å². The van der Waals surface area contributed by atoms with E-state index in [0.29, 0.717) is 17.7 Å². The van der Waals surface area contributed by atoms with E-state index in [1.54, 1.807) is 10.6 Å². The third-order valence-electron chi connectivity index (χ3n) is 6.53. The zero-order valence-corrected chi connectivity index (χ0v) is 21.4. The predicted octanol–water partition coefficient (Wildman–Crippen LogP) is 6.33. The molecule has 0 amide bonds. The molecule has 2 nitrogen and oxygen atoms in total. The first kappa shape index (κ1) is 25.1. The number of hydrogen-bond donors (Lipinski definition) is 0. The van der Waals surface area contributed by atoms with Crippen molar-refractivity contribution in [2.24, 2.45) is 0 Å². The predicted molar refractivity (Wildman–Crippen MR) is 137 cm³/mol. The first-order valence-electron chi connectivity index (χ1n) is 11.9. The molecule has 0 bridgehead atoms. The minimum atomic E-state index is -0.439. The standard InChI is InChI=1S/C27H43N2P/c1-9-28(10-2)22(7)24-17-13-15-19-26(24)30(21(5)6)27-20-16-14-18-25(27)23(8)29(11-3)12-4/h13-23H,9-12H2,1-8H3/t22-,23-/m0/s1. The van der Waals surface area contributed by atoms with Crippen LogP contribution in [0.5, 0.6) is 0 Å². The van der Waals surface area contributed by atoms with Gasteiger partial charge >= 0.3 is 0 Å². The van der Waals surface area contributed by atoms with Crippen LogP contribution < -0.4 is 10.6 Å². The van der Waals surface area contributed by atoms with Gasteiger partial charge in [0.15, 0.2) is 0 Å². The quantitative estimate of drug-likeness (QED) is 0.387. The Bertz CT molecular complexity index is 703. The summed E-state index contributed by atoms with van der Waals surface area (Å²) < 4.78 is 0. The van der Waals surface area contributed by atoms with Crippen molar-refractivity contribution in [3.05, 3.63) is 59.7 Å². The van der Waals surface area contributed by atoms with Crippen molar-refractivity contribution in [3.63, 3.8) is 0 Å². The highest BCUT2D eigenvalue weighted by Gasteiger charge is 2.27. The van der Waals surface area contributed by atoms with Gasteiger partial charge in [-0.15, -0.1) is 0 Å². The van der Waals surface area contributed by atoms with Gasteiger partial charge in [-0.2, -0.15) is 0 Å². The Morgan fingerprint density at radius 3 is 1.23 bits per heavy atom. The fourth-order valence-corrected chi connectivity index (χ4v) is 7.69. The van der Waals surface area contributed by atoms with Crippen molar-refractivity contribution in [2.75, 3.05) is 26.2 Å². The normalized spacial score (nSPS) is 14.1. The number of hydrogen-bond acceptors (Lipinski definition) is 2. The van der Waals surface area contributed by atoms with E-state index in [9.17, 15) is 0 Å². The van der Waals surface area contributed by atoms with Crippen molar-refractivity contribution in [1.29, 1.82) is 0 Å². The highest BCUT2D eigenvalue weighted by Crippen LogP contribution is 2.43. The van der Waals surface area contributed by atoms with Gasteiger partial charge in [-0.25, -0.2) is 0 Å². The Kier molecular flexibility index (Phi) is 10.0. The maximum absolute atomic E-state index is 2.57. The molecule has 0 aliphatic heterocycles. The van der Waals surface area contributed by atoms with Gasteiger partial charge in [0.2, 0.25) is 0 Å². The van der Waals surface area contributed by atoms with E-state index in [1.807, 2.05) is 0 Å². The monoisotopic (exact) mass is 426 g/mol. The van der Waals surface area contributed by atoms with E-state index in [4.69, 9.17) is 0 Å². The Balaban J connectivity index is 2.62. The lowest BCUT2D eigenvalue weighted by Crippen LogP contribution is -2.33. The van der Waals surface area contributed by atoms with Gasteiger partial charge in [0.25, 0.3) is 0 Å². The van der Waals surface area contributed by atoms with Gasteiger partial charge in [0.05, 0.1) is 0 Å². The summed E-state index contributed by atoms with van der Waals surface area (Å²) in [5, 5.41) is 3.11. The molecule has 166 valence electrons. The van der Waals surface area contributed by atoms with Crippen molar-refractivity contribution < 1.29 is 0 Å². The zero-order valence-electron chi connectivity index (χ0n) is 20.5. The Morgan fingerprint density at radius 2 is 0.933 bits per heavy atom. The fraction of sp³-hybridized carbons (Fsp3) is 0.556.